The highest BCUT2D eigenvalue weighted by Crippen LogP contribution is 2.20. The molecule has 1 amide bonds. The molecule has 2 N–H and O–H groups in total. The van der Waals surface area contributed by atoms with Crippen LogP contribution in [0.15, 0.2) is 66.1 Å². The number of hydrogen-bond donors (Lipinski definition) is 2. The second kappa shape index (κ2) is 6.88. The third-order valence-electron chi connectivity index (χ3n) is 3.59. The molecule has 2 rings (SSSR count). The number of nitrogens with one attached hydrogen (secondary N) is 2. The van der Waals surface area contributed by atoms with E-state index in [-0.39, 0.29) is 23.8 Å². The molecule has 0 aromatic carbocycles. The van der Waals surface area contributed by atoms with Crippen LogP contribution in [-0.2, 0) is 4.79 Å². The Bertz CT molecular complexity index is 554. The lowest BCUT2D eigenvalue weighted by atomic mass is 9.92. The van der Waals surface area contributed by atoms with Crippen LogP contribution in [0.2, 0.25) is 0 Å². The highest BCUT2D eigenvalue weighted by molar-refractivity contribution is 5.86. The van der Waals surface area contributed by atoms with Crippen molar-refractivity contribution in [3.8, 4) is 0 Å². The van der Waals surface area contributed by atoms with E-state index in [2.05, 4.69) is 40.9 Å². The van der Waals surface area contributed by atoms with Crippen molar-refractivity contribution in [2.45, 2.75) is 19.4 Å². The molecular weight excluding hydrogens is 262 g/mol. The molecule has 0 aromatic rings. The lowest BCUT2D eigenvalue weighted by molar-refractivity contribution is -0.120. The fraction of sp³-hybridized carbons (Fsp3) is 0.294. The normalized spacial score (nSPS) is 26.8. The maximum absolute atomic E-state index is 11.8. The van der Waals surface area contributed by atoms with Crippen molar-refractivity contribution in [3.05, 3.63) is 61.1 Å². The lowest BCUT2D eigenvalue weighted by Crippen LogP contribution is -2.33. The first kappa shape index (κ1) is 15.0. The van der Waals surface area contributed by atoms with Gasteiger partial charge in [0.2, 0.25) is 5.91 Å². The molecule has 0 aromatic heterocycles. The molecular formula is C17H21N3O. The molecule has 4 nitrogen and oxygen atoms in total. The van der Waals surface area contributed by atoms with Crippen LogP contribution in [0.5, 0.6) is 0 Å². The topological polar surface area (TPSA) is 53.5 Å². The molecule has 0 radical (unpaired) electrons. The third kappa shape index (κ3) is 3.81. The SMILES string of the molecule is C=C/C=C(\C=C/C(C)C1NC(=C)NC1=O)C1C=NC=CC1. The van der Waals surface area contributed by atoms with Crippen LogP contribution in [0.1, 0.15) is 13.3 Å². The van der Waals surface area contributed by atoms with Gasteiger partial charge in [-0.15, -0.1) is 0 Å². The number of allylic oxidation sites excluding steroid dienone is 5. The predicted octanol–water partition coefficient (Wildman–Crippen LogP) is 2.45. The van der Waals surface area contributed by atoms with Gasteiger partial charge in [-0.2, -0.15) is 0 Å². The van der Waals surface area contributed by atoms with Crippen LogP contribution >= 0.6 is 0 Å². The minimum Gasteiger partial charge on any atom is -0.360 e. The molecule has 2 heterocycles. The number of rotatable bonds is 5. The number of hydrogen-bond acceptors (Lipinski definition) is 3. The quantitative estimate of drug-likeness (QED) is 0.762. The summed E-state index contributed by atoms with van der Waals surface area (Å²) < 4.78 is 0. The van der Waals surface area contributed by atoms with E-state index < -0.39 is 0 Å². The Morgan fingerprint density at radius 3 is 2.95 bits per heavy atom. The van der Waals surface area contributed by atoms with Crippen LogP contribution in [0.3, 0.4) is 0 Å². The van der Waals surface area contributed by atoms with Crippen molar-refractivity contribution < 1.29 is 4.79 Å². The van der Waals surface area contributed by atoms with Crippen molar-refractivity contribution in [3.63, 3.8) is 0 Å². The largest absolute Gasteiger partial charge is 0.360 e. The Morgan fingerprint density at radius 1 is 1.57 bits per heavy atom. The molecule has 1 saturated heterocycles. The molecule has 110 valence electrons. The molecule has 3 unspecified atom stereocenters. The van der Waals surface area contributed by atoms with Gasteiger partial charge in [-0.1, -0.05) is 50.5 Å². The second-order valence-corrected chi connectivity index (χ2v) is 5.24. The van der Waals surface area contributed by atoms with Gasteiger partial charge in [0.1, 0.15) is 6.04 Å². The minimum atomic E-state index is -0.265. The molecule has 2 aliphatic rings. The van der Waals surface area contributed by atoms with Gasteiger partial charge in [-0.3, -0.25) is 9.79 Å². The van der Waals surface area contributed by atoms with E-state index in [1.807, 2.05) is 31.5 Å². The molecule has 0 spiro atoms. The van der Waals surface area contributed by atoms with Gasteiger partial charge in [0.15, 0.2) is 0 Å². The van der Waals surface area contributed by atoms with Crippen LogP contribution in [0, 0.1) is 11.8 Å². The predicted molar refractivity (Wildman–Crippen MR) is 86.5 cm³/mol. The van der Waals surface area contributed by atoms with Crippen LogP contribution in [0.4, 0.5) is 0 Å². The smallest absolute Gasteiger partial charge is 0.248 e. The minimum absolute atomic E-state index is 0.0337. The molecule has 4 heteroatoms. The average Bonchev–Trinajstić information content (AvgIpc) is 2.83. The summed E-state index contributed by atoms with van der Waals surface area (Å²) in [6.45, 7) is 9.49. The van der Waals surface area contributed by atoms with Crippen molar-refractivity contribution in [2.24, 2.45) is 16.8 Å². The first-order valence-corrected chi connectivity index (χ1v) is 7.07. The highest BCUT2D eigenvalue weighted by atomic mass is 16.2. The summed E-state index contributed by atoms with van der Waals surface area (Å²) in [5.41, 5.74) is 1.14. The van der Waals surface area contributed by atoms with Gasteiger partial charge in [0, 0.05) is 24.3 Å². The van der Waals surface area contributed by atoms with Crippen molar-refractivity contribution in [2.75, 3.05) is 0 Å². The van der Waals surface area contributed by atoms with E-state index in [0.717, 1.165) is 12.0 Å². The fourth-order valence-electron chi connectivity index (χ4n) is 2.40. The monoisotopic (exact) mass is 283 g/mol. The second-order valence-electron chi connectivity index (χ2n) is 5.24. The lowest BCUT2D eigenvalue weighted by Gasteiger charge is -2.16. The van der Waals surface area contributed by atoms with E-state index >= 15 is 0 Å². The van der Waals surface area contributed by atoms with E-state index in [1.165, 1.54) is 0 Å². The summed E-state index contributed by atoms with van der Waals surface area (Å²) in [5.74, 6) is 0.857. The van der Waals surface area contributed by atoms with Gasteiger partial charge >= 0.3 is 0 Å². The van der Waals surface area contributed by atoms with Crippen LogP contribution in [0.25, 0.3) is 0 Å². The first-order valence-electron chi connectivity index (χ1n) is 7.07. The maximum Gasteiger partial charge on any atom is 0.248 e. The van der Waals surface area contributed by atoms with Gasteiger partial charge < -0.3 is 10.6 Å². The summed E-state index contributed by atoms with van der Waals surface area (Å²) in [6.07, 6.45) is 14.6. The number of amides is 1. The molecule has 3 atom stereocenters. The van der Waals surface area contributed by atoms with E-state index in [0.29, 0.717) is 5.82 Å². The Hall–Kier alpha value is -2.36. The molecule has 1 fully saturated rings. The molecule has 0 saturated carbocycles. The Balaban J connectivity index is 2.06. The average molecular weight is 283 g/mol. The number of aliphatic imine (C=N–C) groups is 1. The maximum atomic E-state index is 11.8. The third-order valence-corrected chi connectivity index (χ3v) is 3.59. The summed E-state index contributed by atoms with van der Waals surface area (Å²) in [6, 6.07) is -0.265. The standard InChI is InChI=1S/C17H21N3O/c1-4-6-14(15-7-5-10-18-11-15)9-8-12(2)16-17(21)20-13(3)19-16/h4-6,8-12,15-16,19H,1,3,7H2,2H3,(H,20,21)/b9-8-,14-6+. The number of carbonyl (C=O) groups excluding carboxylic acids is 1. The van der Waals surface area contributed by atoms with E-state index in [1.54, 1.807) is 6.08 Å². The number of carbonyl (C=O) groups is 1. The molecule has 0 bridgehead atoms. The van der Waals surface area contributed by atoms with E-state index in [9.17, 15) is 4.79 Å². The summed E-state index contributed by atoms with van der Waals surface area (Å²) >= 11 is 0. The Labute approximate surface area is 125 Å². The van der Waals surface area contributed by atoms with Gasteiger partial charge in [0.05, 0.1) is 5.82 Å². The van der Waals surface area contributed by atoms with Crippen LogP contribution in [-0.4, -0.2) is 18.2 Å². The summed E-state index contributed by atoms with van der Waals surface area (Å²) in [7, 11) is 0. The first-order chi connectivity index (χ1) is 10.1. The van der Waals surface area contributed by atoms with Gasteiger partial charge in [-0.05, 0) is 12.0 Å². The zero-order valence-corrected chi connectivity index (χ0v) is 12.3. The van der Waals surface area contributed by atoms with Crippen molar-refractivity contribution in [1.82, 2.24) is 10.6 Å². The van der Waals surface area contributed by atoms with Gasteiger partial charge in [-0.25, -0.2) is 0 Å². The van der Waals surface area contributed by atoms with Crippen molar-refractivity contribution >= 4 is 12.1 Å². The summed E-state index contributed by atoms with van der Waals surface area (Å²) in [4.78, 5) is 16.0. The Morgan fingerprint density at radius 2 is 2.38 bits per heavy atom. The molecule has 2 aliphatic heterocycles. The highest BCUT2D eigenvalue weighted by Gasteiger charge is 2.29. The molecule has 21 heavy (non-hydrogen) atoms. The zero-order valence-electron chi connectivity index (χ0n) is 12.3. The fourth-order valence-corrected chi connectivity index (χ4v) is 2.40. The van der Waals surface area contributed by atoms with Gasteiger partial charge in [0.25, 0.3) is 0 Å². The number of nitrogens with zero attached hydrogens (tertiary/aromatic N) is 1. The van der Waals surface area contributed by atoms with Crippen LogP contribution < -0.4 is 10.6 Å². The summed E-state index contributed by atoms with van der Waals surface area (Å²) in [5, 5.41) is 5.74. The molecule has 0 aliphatic carbocycles. The van der Waals surface area contributed by atoms with E-state index in [4.69, 9.17) is 0 Å². The Kier molecular flexibility index (Phi) is 4.93. The zero-order chi connectivity index (χ0) is 15.2. The van der Waals surface area contributed by atoms with Crippen molar-refractivity contribution in [1.29, 1.82) is 0 Å².